The Hall–Kier alpha value is -2.21. The number of aromatic nitrogens is 1. The minimum atomic E-state index is -0.587. The van der Waals surface area contributed by atoms with E-state index in [0.717, 1.165) is 11.3 Å². The Labute approximate surface area is 121 Å². The van der Waals surface area contributed by atoms with Gasteiger partial charge in [-0.15, -0.1) is 11.3 Å². The van der Waals surface area contributed by atoms with Gasteiger partial charge >= 0.3 is 0 Å². The van der Waals surface area contributed by atoms with Crippen LogP contribution < -0.4 is 10.6 Å². The SMILES string of the molecule is CC(=O)NC(C)C(=O)Nc1nc(-c2ccccc2)cs1. The van der Waals surface area contributed by atoms with Crippen LogP contribution in [0.25, 0.3) is 11.3 Å². The third-order valence-electron chi connectivity index (χ3n) is 2.62. The number of amides is 2. The van der Waals surface area contributed by atoms with Crippen LogP contribution in [0.2, 0.25) is 0 Å². The summed E-state index contributed by atoms with van der Waals surface area (Å²) in [4.78, 5) is 27.1. The quantitative estimate of drug-likeness (QED) is 0.907. The van der Waals surface area contributed by atoms with Crippen LogP contribution in [0.3, 0.4) is 0 Å². The van der Waals surface area contributed by atoms with Gasteiger partial charge in [0.05, 0.1) is 5.69 Å². The highest BCUT2D eigenvalue weighted by atomic mass is 32.1. The summed E-state index contributed by atoms with van der Waals surface area (Å²) < 4.78 is 0. The summed E-state index contributed by atoms with van der Waals surface area (Å²) >= 11 is 1.35. The van der Waals surface area contributed by atoms with Crippen molar-refractivity contribution in [1.29, 1.82) is 0 Å². The summed E-state index contributed by atoms with van der Waals surface area (Å²) in [7, 11) is 0. The van der Waals surface area contributed by atoms with E-state index >= 15 is 0 Å². The van der Waals surface area contributed by atoms with E-state index in [2.05, 4.69) is 15.6 Å². The van der Waals surface area contributed by atoms with Crippen molar-refractivity contribution in [2.24, 2.45) is 0 Å². The number of nitrogens with one attached hydrogen (secondary N) is 2. The smallest absolute Gasteiger partial charge is 0.248 e. The molecule has 1 aromatic carbocycles. The normalized spacial score (nSPS) is 11.7. The largest absolute Gasteiger partial charge is 0.345 e. The second-order valence-corrected chi connectivity index (χ2v) is 5.17. The molecule has 104 valence electrons. The van der Waals surface area contributed by atoms with Gasteiger partial charge in [0.25, 0.3) is 0 Å². The third-order valence-corrected chi connectivity index (χ3v) is 3.37. The predicted octanol–water partition coefficient (Wildman–Crippen LogP) is 2.27. The fraction of sp³-hybridized carbons (Fsp3) is 0.214. The van der Waals surface area contributed by atoms with E-state index in [1.165, 1.54) is 18.3 Å². The van der Waals surface area contributed by atoms with Gasteiger partial charge in [-0.25, -0.2) is 4.98 Å². The molecule has 1 aromatic heterocycles. The van der Waals surface area contributed by atoms with Gasteiger partial charge in [-0.1, -0.05) is 30.3 Å². The van der Waals surface area contributed by atoms with Crippen LogP contribution in [0.1, 0.15) is 13.8 Å². The monoisotopic (exact) mass is 289 g/mol. The molecule has 0 fully saturated rings. The average Bonchev–Trinajstić information content (AvgIpc) is 2.87. The topological polar surface area (TPSA) is 71.1 Å². The maximum Gasteiger partial charge on any atom is 0.248 e. The predicted molar refractivity (Wildman–Crippen MR) is 79.5 cm³/mol. The molecule has 0 radical (unpaired) electrons. The minimum absolute atomic E-state index is 0.239. The fourth-order valence-corrected chi connectivity index (χ4v) is 2.38. The molecule has 0 saturated carbocycles. The van der Waals surface area contributed by atoms with E-state index < -0.39 is 6.04 Å². The zero-order valence-electron chi connectivity index (χ0n) is 11.2. The van der Waals surface area contributed by atoms with Gasteiger partial charge in [-0.3, -0.25) is 9.59 Å². The molecule has 2 aromatic rings. The van der Waals surface area contributed by atoms with Gasteiger partial charge < -0.3 is 10.6 Å². The molecule has 2 amide bonds. The van der Waals surface area contributed by atoms with Gasteiger partial charge in [0.1, 0.15) is 6.04 Å². The van der Waals surface area contributed by atoms with Crippen molar-refractivity contribution in [3.8, 4) is 11.3 Å². The Kier molecular flexibility index (Phi) is 4.47. The zero-order chi connectivity index (χ0) is 14.5. The summed E-state index contributed by atoms with van der Waals surface area (Å²) in [6.45, 7) is 3.00. The molecule has 20 heavy (non-hydrogen) atoms. The van der Waals surface area contributed by atoms with Crippen molar-refractivity contribution in [2.45, 2.75) is 19.9 Å². The summed E-state index contributed by atoms with van der Waals surface area (Å²) in [5, 5.41) is 7.62. The molecule has 0 saturated heterocycles. The van der Waals surface area contributed by atoms with Crippen molar-refractivity contribution in [3.63, 3.8) is 0 Å². The first-order valence-electron chi connectivity index (χ1n) is 6.15. The number of benzene rings is 1. The van der Waals surface area contributed by atoms with E-state index in [0.29, 0.717) is 5.13 Å². The average molecular weight is 289 g/mol. The molecule has 5 nitrogen and oxygen atoms in total. The van der Waals surface area contributed by atoms with Crippen LogP contribution in [-0.2, 0) is 9.59 Å². The summed E-state index contributed by atoms with van der Waals surface area (Å²) in [5.74, 6) is -0.522. The fourth-order valence-electron chi connectivity index (χ4n) is 1.66. The molecule has 0 aliphatic heterocycles. The molecule has 1 atom stereocenters. The molecular formula is C14H15N3O2S. The molecular weight excluding hydrogens is 274 g/mol. The first-order valence-corrected chi connectivity index (χ1v) is 7.03. The molecule has 0 bridgehead atoms. The van der Waals surface area contributed by atoms with Gasteiger partial charge in [-0.05, 0) is 6.92 Å². The van der Waals surface area contributed by atoms with Crippen molar-refractivity contribution < 1.29 is 9.59 Å². The standard InChI is InChI=1S/C14H15N3O2S/c1-9(15-10(2)18)13(19)17-14-16-12(8-20-14)11-6-4-3-5-7-11/h3-9H,1-2H3,(H,15,18)(H,16,17,19). The second-order valence-electron chi connectivity index (χ2n) is 4.32. The van der Waals surface area contributed by atoms with Crippen LogP contribution >= 0.6 is 11.3 Å². The maximum absolute atomic E-state index is 11.8. The molecule has 2 N–H and O–H groups in total. The molecule has 0 aliphatic carbocycles. The Morgan fingerprint density at radius 2 is 1.95 bits per heavy atom. The molecule has 6 heteroatoms. The number of nitrogens with zero attached hydrogens (tertiary/aromatic N) is 1. The highest BCUT2D eigenvalue weighted by Crippen LogP contribution is 2.24. The molecule has 1 unspecified atom stereocenters. The highest BCUT2D eigenvalue weighted by Gasteiger charge is 2.15. The summed E-state index contributed by atoms with van der Waals surface area (Å²) in [5.41, 5.74) is 1.82. The number of carbonyl (C=O) groups is 2. The van der Waals surface area contributed by atoms with E-state index in [9.17, 15) is 9.59 Å². The minimum Gasteiger partial charge on any atom is -0.345 e. The summed E-state index contributed by atoms with van der Waals surface area (Å²) in [6, 6.07) is 9.14. The van der Waals surface area contributed by atoms with Crippen LogP contribution in [0.4, 0.5) is 5.13 Å². The van der Waals surface area contributed by atoms with Crippen LogP contribution in [-0.4, -0.2) is 22.8 Å². The number of anilines is 1. The molecule has 2 rings (SSSR count). The van der Waals surface area contributed by atoms with Gasteiger partial charge in [-0.2, -0.15) is 0 Å². The number of thiazole rings is 1. The molecule has 0 aliphatic rings. The maximum atomic E-state index is 11.8. The van der Waals surface area contributed by atoms with E-state index in [-0.39, 0.29) is 11.8 Å². The van der Waals surface area contributed by atoms with E-state index in [4.69, 9.17) is 0 Å². The van der Waals surface area contributed by atoms with Crippen molar-refractivity contribution >= 4 is 28.3 Å². The Morgan fingerprint density at radius 1 is 1.25 bits per heavy atom. The third kappa shape index (κ3) is 3.64. The lowest BCUT2D eigenvalue weighted by molar-refractivity contribution is -0.124. The van der Waals surface area contributed by atoms with E-state index in [1.54, 1.807) is 6.92 Å². The lowest BCUT2D eigenvalue weighted by atomic mass is 10.2. The Balaban J connectivity index is 2.03. The van der Waals surface area contributed by atoms with Crippen molar-refractivity contribution in [1.82, 2.24) is 10.3 Å². The summed E-state index contributed by atoms with van der Waals surface area (Å²) in [6.07, 6.45) is 0. The lowest BCUT2D eigenvalue weighted by Gasteiger charge is -2.10. The van der Waals surface area contributed by atoms with Crippen LogP contribution in [0.15, 0.2) is 35.7 Å². The van der Waals surface area contributed by atoms with Crippen molar-refractivity contribution in [2.75, 3.05) is 5.32 Å². The van der Waals surface area contributed by atoms with Gasteiger partial charge in [0.2, 0.25) is 11.8 Å². The zero-order valence-corrected chi connectivity index (χ0v) is 12.0. The number of hydrogen-bond donors (Lipinski definition) is 2. The van der Waals surface area contributed by atoms with Crippen molar-refractivity contribution in [3.05, 3.63) is 35.7 Å². The second kappa shape index (κ2) is 6.29. The highest BCUT2D eigenvalue weighted by molar-refractivity contribution is 7.14. The Morgan fingerprint density at radius 3 is 2.60 bits per heavy atom. The van der Waals surface area contributed by atoms with Gasteiger partial charge in [0.15, 0.2) is 5.13 Å². The lowest BCUT2D eigenvalue weighted by Crippen LogP contribution is -2.40. The van der Waals surface area contributed by atoms with Crippen LogP contribution in [0, 0.1) is 0 Å². The van der Waals surface area contributed by atoms with Gasteiger partial charge in [0, 0.05) is 17.9 Å². The first kappa shape index (κ1) is 14.2. The first-order chi connectivity index (χ1) is 9.56. The number of carbonyl (C=O) groups excluding carboxylic acids is 2. The number of rotatable bonds is 4. The van der Waals surface area contributed by atoms with E-state index in [1.807, 2.05) is 35.7 Å². The Bertz CT molecular complexity index is 610. The number of hydrogen-bond acceptors (Lipinski definition) is 4. The van der Waals surface area contributed by atoms with Crippen LogP contribution in [0.5, 0.6) is 0 Å². The molecule has 1 heterocycles. The molecule has 0 spiro atoms.